The maximum Gasteiger partial charge on any atom is 0.251 e. The van der Waals surface area contributed by atoms with Crippen molar-refractivity contribution >= 4 is 23.2 Å². The fraction of sp³-hybridized carbons (Fsp3) is 0.167. The molecular weight excluding hydrogens is 252 g/mol. The summed E-state index contributed by atoms with van der Waals surface area (Å²) in [5.41, 5.74) is 7.43. The number of benzene rings is 1. The molecule has 0 spiro atoms. The molecule has 0 aliphatic heterocycles. The lowest BCUT2D eigenvalue weighted by Gasteiger charge is -2.12. The fourth-order valence-electron chi connectivity index (χ4n) is 1.55. The zero-order chi connectivity index (χ0) is 13.1. The third-order valence-corrected chi connectivity index (χ3v) is 2.97. The van der Waals surface area contributed by atoms with Crippen LogP contribution in [-0.4, -0.2) is 16.1 Å². The number of halogens is 1. The minimum absolute atomic E-state index is 0.131. The highest BCUT2D eigenvalue weighted by Gasteiger charge is 2.12. The molecule has 0 aliphatic carbocycles. The van der Waals surface area contributed by atoms with E-state index >= 15 is 0 Å². The molecule has 1 aromatic carbocycles. The molecule has 2 rings (SSSR count). The summed E-state index contributed by atoms with van der Waals surface area (Å²) in [6.45, 7) is 1.88. The van der Waals surface area contributed by atoms with Crippen LogP contribution in [0.3, 0.4) is 0 Å². The van der Waals surface area contributed by atoms with Crippen molar-refractivity contribution in [3.8, 4) is 0 Å². The van der Waals surface area contributed by atoms with Gasteiger partial charge < -0.3 is 11.1 Å². The Bertz CT molecular complexity index is 553. The van der Waals surface area contributed by atoms with Crippen LogP contribution in [0, 0.1) is 0 Å². The van der Waals surface area contributed by atoms with Crippen molar-refractivity contribution < 1.29 is 4.79 Å². The third kappa shape index (κ3) is 2.62. The van der Waals surface area contributed by atoms with Crippen LogP contribution >= 0.6 is 11.6 Å². The normalized spacial score (nSPS) is 12.1. The number of H-pyrrole nitrogens is 1. The molecule has 5 nitrogen and oxygen atoms in total. The quantitative estimate of drug-likeness (QED) is 0.743. The zero-order valence-electron chi connectivity index (χ0n) is 9.77. The third-order valence-electron chi connectivity index (χ3n) is 2.63. The van der Waals surface area contributed by atoms with Gasteiger partial charge in [0.05, 0.1) is 22.9 Å². The first kappa shape index (κ1) is 12.4. The number of anilines is 1. The predicted octanol–water partition coefficient (Wildman–Crippen LogP) is 2.14. The van der Waals surface area contributed by atoms with E-state index in [-0.39, 0.29) is 11.9 Å². The summed E-state index contributed by atoms with van der Waals surface area (Å²) in [5, 5.41) is 9.82. The average Bonchev–Trinajstić information content (AvgIpc) is 2.86. The van der Waals surface area contributed by atoms with Crippen molar-refractivity contribution in [3.05, 3.63) is 46.7 Å². The molecule has 2 aromatic rings. The maximum atomic E-state index is 12.0. The minimum Gasteiger partial charge on any atom is -0.398 e. The number of nitrogens with zero attached hydrogens (tertiary/aromatic N) is 1. The van der Waals surface area contributed by atoms with Gasteiger partial charge in [-0.15, -0.1) is 0 Å². The number of hydrogen-bond acceptors (Lipinski definition) is 3. The van der Waals surface area contributed by atoms with Crippen molar-refractivity contribution in [1.29, 1.82) is 0 Å². The Balaban J connectivity index is 2.10. The number of nitrogens with two attached hydrogens (primary N) is 1. The van der Waals surface area contributed by atoms with Gasteiger partial charge in [0.15, 0.2) is 0 Å². The van der Waals surface area contributed by atoms with Crippen molar-refractivity contribution in [2.45, 2.75) is 13.0 Å². The number of nitrogens with one attached hydrogen (secondary N) is 2. The van der Waals surface area contributed by atoms with Crippen LogP contribution in [0.15, 0.2) is 30.6 Å². The van der Waals surface area contributed by atoms with Crippen molar-refractivity contribution in [2.75, 3.05) is 5.73 Å². The Morgan fingerprint density at radius 1 is 1.56 bits per heavy atom. The molecule has 6 heteroatoms. The highest BCUT2D eigenvalue weighted by atomic mass is 35.5. The molecule has 0 saturated carbocycles. The van der Waals surface area contributed by atoms with Gasteiger partial charge in [-0.1, -0.05) is 11.6 Å². The molecule has 1 atom stereocenters. The van der Waals surface area contributed by atoms with Crippen LogP contribution in [0.4, 0.5) is 5.69 Å². The van der Waals surface area contributed by atoms with Crippen LogP contribution in [0.2, 0.25) is 5.02 Å². The van der Waals surface area contributed by atoms with E-state index in [2.05, 4.69) is 15.5 Å². The Morgan fingerprint density at radius 3 is 2.94 bits per heavy atom. The smallest absolute Gasteiger partial charge is 0.251 e. The first-order chi connectivity index (χ1) is 8.58. The molecule has 18 heavy (non-hydrogen) atoms. The van der Waals surface area contributed by atoms with E-state index in [1.165, 1.54) is 0 Å². The second kappa shape index (κ2) is 5.10. The van der Waals surface area contributed by atoms with Crippen molar-refractivity contribution in [3.63, 3.8) is 0 Å². The van der Waals surface area contributed by atoms with Crippen LogP contribution in [0.25, 0.3) is 0 Å². The van der Waals surface area contributed by atoms with Crippen LogP contribution < -0.4 is 11.1 Å². The van der Waals surface area contributed by atoms with Gasteiger partial charge in [-0.25, -0.2) is 0 Å². The zero-order valence-corrected chi connectivity index (χ0v) is 10.5. The Labute approximate surface area is 109 Å². The van der Waals surface area contributed by atoms with Crippen LogP contribution in [0.5, 0.6) is 0 Å². The first-order valence-electron chi connectivity index (χ1n) is 5.42. The lowest BCUT2D eigenvalue weighted by molar-refractivity contribution is 0.0940. The molecule has 0 aliphatic rings. The van der Waals surface area contributed by atoms with E-state index in [0.29, 0.717) is 16.3 Å². The highest BCUT2D eigenvalue weighted by molar-refractivity contribution is 6.33. The number of carbonyl (C=O) groups excluding carboxylic acids is 1. The van der Waals surface area contributed by atoms with E-state index < -0.39 is 0 Å². The second-order valence-corrected chi connectivity index (χ2v) is 4.37. The second-order valence-electron chi connectivity index (χ2n) is 3.96. The number of aromatic amines is 1. The summed E-state index contributed by atoms with van der Waals surface area (Å²) in [5.74, 6) is -0.202. The minimum atomic E-state index is -0.202. The summed E-state index contributed by atoms with van der Waals surface area (Å²) in [6.07, 6.45) is 3.41. The summed E-state index contributed by atoms with van der Waals surface area (Å²) in [6, 6.07) is 4.66. The molecule has 94 valence electrons. The highest BCUT2D eigenvalue weighted by Crippen LogP contribution is 2.20. The molecule has 1 amide bonds. The van der Waals surface area contributed by atoms with Gasteiger partial charge >= 0.3 is 0 Å². The predicted molar refractivity (Wildman–Crippen MR) is 70.3 cm³/mol. The van der Waals surface area contributed by atoms with E-state index in [9.17, 15) is 4.79 Å². The number of amides is 1. The number of rotatable bonds is 3. The molecule has 4 N–H and O–H groups in total. The fourth-order valence-corrected chi connectivity index (χ4v) is 1.66. The monoisotopic (exact) mass is 264 g/mol. The molecule has 1 unspecified atom stereocenters. The van der Waals surface area contributed by atoms with E-state index in [1.54, 1.807) is 30.6 Å². The summed E-state index contributed by atoms with van der Waals surface area (Å²) >= 11 is 5.80. The van der Waals surface area contributed by atoms with Gasteiger partial charge in [-0.2, -0.15) is 5.10 Å². The van der Waals surface area contributed by atoms with Crippen LogP contribution in [0.1, 0.15) is 28.9 Å². The lowest BCUT2D eigenvalue weighted by Crippen LogP contribution is -2.26. The Morgan fingerprint density at radius 2 is 2.33 bits per heavy atom. The van der Waals surface area contributed by atoms with Gasteiger partial charge in [0.2, 0.25) is 0 Å². The molecule has 0 bridgehead atoms. The summed E-state index contributed by atoms with van der Waals surface area (Å²) in [4.78, 5) is 12.0. The molecular formula is C12H13ClN4O. The largest absolute Gasteiger partial charge is 0.398 e. The Hall–Kier alpha value is -2.01. The molecule has 1 heterocycles. The van der Waals surface area contributed by atoms with Crippen LogP contribution in [-0.2, 0) is 0 Å². The van der Waals surface area contributed by atoms with Gasteiger partial charge in [-0.05, 0) is 25.1 Å². The number of hydrogen-bond donors (Lipinski definition) is 3. The van der Waals surface area contributed by atoms with E-state index in [0.717, 1.165) is 5.56 Å². The van der Waals surface area contributed by atoms with Gasteiger partial charge in [0.25, 0.3) is 5.91 Å². The summed E-state index contributed by atoms with van der Waals surface area (Å²) in [7, 11) is 0. The van der Waals surface area contributed by atoms with Crippen molar-refractivity contribution in [2.24, 2.45) is 0 Å². The van der Waals surface area contributed by atoms with Gasteiger partial charge in [0.1, 0.15) is 0 Å². The number of aromatic nitrogens is 2. The average molecular weight is 265 g/mol. The van der Waals surface area contributed by atoms with E-state index in [1.807, 2.05) is 6.92 Å². The van der Waals surface area contributed by atoms with Crippen molar-refractivity contribution in [1.82, 2.24) is 15.5 Å². The molecule has 0 fully saturated rings. The van der Waals surface area contributed by atoms with Gasteiger partial charge in [-0.3, -0.25) is 9.89 Å². The molecule has 0 saturated heterocycles. The number of nitrogen functional groups attached to an aromatic ring is 1. The standard InChI is InChI=1S/C12H13ClN4O/c1-7(9-5-15-16-6-9)17-12(18)8-2-3-10(13)11(14)4-8/h2-7H,14H2,1H3,(H,15,16)(H,17,18). The van der Waals surface area contributed by atoms with Gasteiger partial charge in [0, 0.05) is 17.3 Å². The SMILES string of the molecule is CC(NC(=O)c1ccc(Cl)c(N)c1)c1cn[nH]c1. The Kier molecular flexibility index (Phi) is 3.53. The lowest BCUT2D eigenvalue weighted by atomic mass is 10.1. The number of carbonyl (C=O) groups is 1. The topological polar surface area (TPSA) is 83.8 Å². The van der Waals surface area contributed by atoms with E-state index in [4.69, 9.17) is 17.3 Å². The first-order valence-corrected chi connectivity index (χ1v) is 5.80. The molecule has 1 aromatic heterocycles. The molecule has 0 radical (unpaired) electrons. The maximum absolute atomic E-state index is 12.0. The summed E-state index contributed by atoms with van der Waals surface area (Å²) < 4.78 is 0.